The van der Waals surface area contributed by atoms with Gasteiger partial charge in [0.25, 0.3) is 0 Å². The van der Waals surface area contributed by atoms with Gasteiger partial charge in [0.05, 0.1) is 0 Å². The summed E-state index contributed by atoms with van der Waals surface area (Å²) < 4.78 is 0. The summed E-state index contributed by atoms with van der Waals surface area (Å²) in [5, 5.41) is 0. The van der Waals surface area contributed by atoms with E-state index >= 15 is 0 Å². The van der Waals surface area contributed by atoms with E-state index in [1.54, 1.807) is 0 Å². The molecule has 2 aliphatic rings. The molecule has 0 bridgehead atoms. The largest absolute Gasteiger partial charge is 0.0842 e. The van der Waals surface area contributed by atoms with Crippen LogP contribution in [0.1, 0.15) is 26.2 Å². The molecule has 0 heterocycles. The predicted octanol–water partition coefficient (Wildman–Crippen LogP) is 3.79. The lowest BCUT2D eigenvalue weighted by Crippen LogP contribution is -1.67. The third-order valence-electron chi connectivity index (χ3n) is 1.84. The summed E-state index contributed by atoms with van der Waals surface area (Å²) in [5.41, 5.74) is 1.47. The maximum Gasteiger partial charge on any atom is -0.0135 e. The van der Waals surface area contributed by atoms with Gasteiger partial charge < -0.3 is 0 Å². The van der Waals surface area contributed by atoms with E-state index < -0.39 is 0 Å². The Morgan fingerprint density at radius 3 is 1.75 bits per heavy atom. The third kappa shape index (κ3) is 3.97. The molecule has 0 saturated carbocycles. The first-order chi connectivity index (χ1) is 5.89. The summed E-state index contributed by atoms with van der Waals surface area (Å²) in [6.45, 7) is 2.14. The van der Waals surface area contributed by atoms with Gasteiger partial charge in [-0.25, -0.2) is 0 Å². The summed E-state index contributed by atoms with van der Waals surface area (Å²) in [4.78, 5) is 0. The molecule has 64 valence electrons. The Morgan fingerprint density at radius 1 is 0.917 bits per heavy atom. The monoisotopic (exact) mass is 160 g/mol. The Balaban J connectivity index is 0.000000120. The van der Waals surface area contributed by atoms with Crippen LogP contribution in [0, 0.1) is 0 Å². The fraction of sp³-hybridized carbons (Fsp3) is 0.333. The van der Waals surface area contributed by atoms with Crippen LogP contribution in [0.5, 0.6) is 0 Å². The van der Waals surface area contributed by atoms with Crippen molar-refractivity contribution in [2.45, 2.75) is 26.2 Å². The van der Waals surface area contributed by atoms with Gasteiger partial charge in [-0.3, -0.25) is 0 Å². The minimum atomic E-state index is 1.17. The lowest BCUT2D eigenvalue weighted by Gasteiger charge is -1.88. The summed E-state index contributed by atoms with van der Waals surface area (Å²) in [5.74, 6) is 0. The zero-order valence-corrected chi connectivity index (χ0v) is 7.66. The van der Waals surface area contributed by atoms with Gasteiger partial charge in [0.15, 0.2) is 0 Å². The Labute approximate surface area is 75.0 Å². The van der Waals surface area contributed by atoms with Crippen molar-refractivity contribution in [3.63, 3.8) is 0 Å². The average molecular weight is 160 g/mol. The van der Waals surface area contributed by atoms with Crippen LogP contribution in [0.4, 0.5) is 0 Å². The topological polar surface area (TPSA) is 0 Å². The van der Waals surface area contributed by atoms with E-state index in [4.69, 9.17) is 0 Å². The minimum Gasteiger partial charge on any atom is -0.0842 e. The van der Waals surface area contributed by atoms with Crippen LogP contribution < -0.4 is 0 Å². The zero-order valence-electron chi connectivity index (χ0n) is 7.66. The molecule has 0 spiro atoms. The predicted molar refractivity (Wildman–Crippen MR) is 55.0 cm³/mol. The molecule has 0 aliphatic heterocycles. The van der Waals surface area contributed by atoms with Crippen molar-refractivity contribution in [3.8, 4) is 0 Å². The van der Waals surface area contributed by atoms with E-state index in [0.717, 1.165) is 0 Å². The van der Waals surface area contributed by atoms with Crippen molar-refractivity contribution < 1.29 is 0 Å². The average Bonchev–Trinajstić information content (AvgIpc) is 2.60. The molecular formula is C12H16. The summed E-state index contributed by atoms with van der Waals surface area (Å²) in [7, 11) is 0. The van der Waals surface area contributed by atoms with E-state index in [-0.39, 0.29) is 0 Å². The van der Waals surface area contributed by atoms with Crippen molar-refractivity contribution in [3.05, 3.63) is 48.1 Å². The molecule has 0 N–H and O–H groups in total. The minimum absolute atomic E-state index is 1.17. The first kappa shape index (κ1) is 9.05. The maximum absolute atomic E-state index is 2.18. The molecule has 0 heteroatoms. The Hall–Kier alpha value is -1.04. The molecule has 2 rings (SSSR count). The number of rotatable bonds is 0. The molecule has 0 unspecified atom stereocenters. The fourth-order valence-electron chi connectivity index (χ4n) is 1.10. The lowest BCUT2D eigenvalue weighted by molar-refractivity contribution is 1.04. The number of allylic oxidation sites excluding steroid dienone is 8. The van der Waals surface area contributed by atoms with E-state index in [0.29, 0.717) is 0 Å². The highest BCUT2D eigenvalue weighted by Gasteiger charge is 1.86. The Bertz CT molecular complexity index is 214. The standard InChI is InChI=1S/2C6H8/c1-6-4-2-3-5-6;1-2-4-6-5-3-1/h2-4H,5H2,1H3;1-4H,5-6H2. The molecule has 0 aromatic heterocycles. The van der Waals surface area contributed by atoms with E-state index in [9.17, 15) is 0 Å². The van der Waals surface area contributed by atoms with Crippen molar-refractivity contribution >= 4 is 0 Å². The maximum atomic E-state index is 2.18. The Kier molecular flexibility index (Phi) is 4.22. The number of hydrogen-bond donors (Lipinski definition) is 0. The summed E-state index contributed by atoms with van der Waals surface area (Å²) in [6, 6.07) is 0. The molecule has 0 radical (unpaired) electrons. The second kappa shape index (κ2) is 5.59. The van der Waals surface area contributed by atoms with Crippen LogP contribution in [-0.4, -0.2) is 0 Å². The quantitative estimate of drug-likeness (QED) is 0.506. The lowest BCUT2D eigenvalue weighted by atomic mass is 10.2. The first-order valence-electron chi connectivity index (χ1n) is 4.53. The highest BCUT2D eigenvalue weighted by atomic mass is 13.9. The molecule has 0 fully saturated rings. The van der Waals surface area contributed by atoms with Crippen LogP contribution in [0.15, 0.2) is 48.1 Å². The second-order valence-electron chi connectivity index (χ2n) is 3.08. The van der Waals surface area contributed by atoms with Gasteiger partial charge >= 0.3 is 0 Å². The smallest absolute Gasteiger partial charge is 0.0135 e. The summed E-state index contributed by atoms with van der Waals surface area (Å²) >= 11 is 0. The van der Waals surface area contributed by atoms with Gasteiger partial charge in [0, 0.05) is 0 Å². The van der Waals surface area contributed by atoms with E-state index in [2.05, 4.69) is 49.5 Å². The first-order valence-corrected chi connectivity index (χ1v) is 4.53. The zero-order chi connectivity index (χ0) is 8.65. The molecular weight excluding hydrogens is 144 g/mol. The van der Waals surface area contributed by atoms with Gasteiger partial charge in [-0.15, -0.1) is 0 Å². The molecule has 0 saturated heterocycles. The highest BCUT2D eigenvalue weighted by Crippen LogP contribution is 2.06. The van der Waals surface area contributed by atoms with Gasteiger partial charge in [-0.1, -0.05) is 48.1 Å². The van der Waals surface area contributed by atoms with Crippen LogP contribution in [0.25, 0.3) is 0 Å². The van der Waals surface area contributed by atoms with Crippen LogP contribution in [0.2, 0.25) is 0 Å². The third-order valence-corrected chi connectivity index (χ3v) is 1.84. The van der Waals surface area contributed by atoms with Gasteiger partial charge in [-0.05, 0) is 26.2 Å². The molecule has 0 nitrogen and oxygen atoms in total. The van der Waals surface area contributed by atoms with Crippen molar-refractivity contribution in [2.75, 3.05) is 0 Å². The molecule has 12 heavy (non-hydrogen) atoms. The highest BCUT2D eigenvalue weighted by molar-refractivity contribution is 5.20. The number of hydrogen-bond acceptors (Lipinski definition) is 0. The SMILES string of the molecule is C1=CCCC=C1.CC1=CC=CC1. The van der Waals surface area contributed by atoms with Crippen LogP contribution in [0.3, 0.4) is 0 Å². The summed E-state index contributed by atoms with van der Waals surface area (Å²) in [6.07, 6.45) is 18.6. The van der Waals surface area contributed by atoms with Crippen molar-refractivity contribution in [2.24, 2.45) is 0 Å². The molecule has 0 atom stereocenters. The van der Waals surface area contributed by atoms with Crippen LogP contribution >= 0.6 is 0 Å². The fourth-order valence-corrected chi connectivity index (χ4v) is 1.10. The molecule has 0 amide bonds. The molecule has 2 aliphatic carbocycles. The Morgan fingerprint density at radius 2 is 1.58 bits per heavy atom. The van der Waals surface area contributed by atoms with Gasteiger partial charge in [0.1, 0.15) is 0 Å². The van der Waals surface area contributed by atoms with Crippen molar-refractivity contribution in [1.29, 1.82) is 0 Å². The second-order valence-corrected chi connectivity index (χ2v) is 3.08. The van der Waals surface area contributed by atoms with E-state index in [1.165, 1.54) is 24.8 Å². The molecule has 0 aromatic carbocycles. The van der Waals surface area contributed by atoms with Crippen molar-refractivity contribution in [1.82, 2.24) is 0 Å². The normalized spacial score (nSPS) is 18.6. The van der Waals surface area contributed by atoms with Gasteiger partial charge in [0.2, 0.25) is 0 Å². The van der Waals surface area contributed by atoms with Crippen LogP contribution in [-0.2, 0) is 0 Å². The molecule has 0 aromatic rings. The van der Waals surface area contributed by atoms with E-state index in [1.807, 2.05) is 0 Å². The van der Waals surface area contributed by atoms with Gasteiger partial charge in [-0.2, -0.15) is 0 Å².